The standard InChI is InChI=1S/C28H24N4O4S3/c1-3-36-20-15-13-18(14-16-20)29-23(33)17-38-27-30-25-24(39-28(37)31(25)19-9-5-4-6-10-19)26(34)32(27)21-11-7-8-12-22(21)35-2/h4-16H,3,17H2,1-2H3,(H,29,33). The number of anilines is 1. The minimum Gasteiger partial charge on any atom is -0.495 e. The molecule has 3 aromatic carbocycles. The van der Waals surface area contributed by atoms with Gasteiger partial charge in [0.05, 0.1) is 25.2 Å². The molecule has 0 fully saturated rings. The number of hydrogen-bond acceptors (Lipinski definition) is 8. The minimum absolute atomic E-state index is 0.0243. The molecule has 0 bridgehead atoms. The number of thioether (sulfide) groups is 1. The quantitative estimate of drug-likeness (QED) is 0.129. The number of hydrogen-bond donors (Lipinski definition) is 1. The third kappa shape index (κ3) is 5.60. The van der Waals surface area contributed by atoms with Crippen molar-refractivity contribution in [3.63, 3.8) is 0 Å². The fraction of sp³-hybridized carbons (Fsp3) is 0.143. The van der Waals surface area contributed by atoms with E-state index in [2.05, 4.69) is 5.32 Å². The zero-order chi connectivity index (χ0) is 27.4. The van der Waals surface area contributed by atoms with Gasteiger partial charge in [-0.3, -0.25) is 18.7 Å². The molecule has 5 rings (SSSR count). The summed E-state index contributed by atoms with van der Waals surface area (Å²) in [5.41, 5.74) is 2.14. The molecular formula is C28H24N4O4S3. The summed E-state index contributed by atoms with van der Waals surface area (Å²) in [5.74, 6) is 1.02. The second kappa shape index (κ2) is 11.9. The summed E-state index contributed by atoms with van der Waals surface area (Å²) in [7, 11) is 1.54. The van der Waals surface area contributed by atoms with E-state index in [0.29, 0.717) is 43.2 Å². The molecule has 0 saturated heterocycles. The van der Waals surface area contributed by atoms with Gasteiger partial charge in [0.15, 0.2) is 14.8 Å². The maximum Gasteiger partial charge on any atom is 0.278 e. The number of rotatable bonds is 9. The number of benzene rings is 3. The number of methoxy groups -OCH3 is 1. The monoisotopic (exact) mass is 576 g/mol. The van der Waals surface area contributed by atoms with Crippen LogP contribution in [0.25, 0.3) is 21.7 Å². The Morgan fingerprint density at radius 1 is 1.03 bits per heavy atom. The van der Waals surface area contributed by atoms with Crippen LogP contribution >= 0.6 is 35.3 Å². The molecule has 39 heavy (non-hydrogen) atoms. The van der Waals surface area contributed by atoms with Gasteiger partial charge >= 0.3 is 0 Å². The van der Waals surface area contributed by atoms with Crippen LogP contribution in [-0.4, -0.2) is 39.5 Å². The predicted molar refractivity (Wildman–Crippen MR) is 159 cm³/mol. The highest BCUT2D eigenvalue weighted by Crippen LogP contribution is 2.30. The summed E-state index contributed by atoms with van der Waals surface area (Å²) in [6.45, 7) is 2.48. The average molecular weight is 577 g/mol. The summed E-state index contributed by atoms with van der Waals surface area (Å²) in [4.78, 5) is 31.7. The molecule has 11 heteroatoms. The van der Waals surface area contributed by atoms with Crippen molar-refractivity contribution in [2.45, 2.75) is 12.1 Å². The molecule has 0 atom stereocenters. The van der Waals surface area contributed by atoms with Crippen LogP contribution in [0.5, 0.6) is 11.5 Å². The largest absolute Gasteiger partial charge is 0.495 e. The van der Waals surface area contributed by atoms with E-state index in [1.165, 1.54) is 15.9 Å². The Kier molecular flexibility index (Phi) is 8.10. The molecule has 8 nitrogen and oxygen atoms in total. The van der Waals surface area contributed by atoms with Crippen molar-refractivity contribution in [2.24, 2.45) is 0 Å². The van der Waals surface area contributed by atoms with Crippen molar-refractivity contribution in [1.29, 1.82) is 0 Å². The lowest BCUT2D eigenvalue weighted by molar-refractivity contribution is -0.113. The lowest BCUT2D eigenvalue weighted by Crippen LogP contribution is -2.23. The molecule has 5 aromatic rings. The van der Waals surface area contributed by atoms with E-state index < -0.39 is 0 Å². The van der Waals surface area contributed by atoms with E-state index >= 15 is 0 Å². The van der Waals surface area contributed by atoms with Gasteiger partial charge in [0.25, 0.3) is 5.56 Å². The lowest BCUT2D eigenvalue weighted by atomic mass is 10.3. The van der Waals surface area contributed by atoms with Crippen LogP contribution < -0.4 is 20.3 Å². The van der Waals surface area contributed by atoms with Crippen LogP contribution in [0.4, 0.5) is 5.69 Å². The molecule has 0 unspecified atom stereocenters. The van der Waals surface area contributed by atoms with Gasteiger partial charge in [0.1, 0.15) is 16.2 Å². The molecule has 0 spiro atoms. The van der Waals surface area contributed by atoms with Crippen molar-refractivity contribution in [1.82, 2.24) is 14.1 Å². The van der Waals surface area contributed by atoms with Crippen LogP contribution in [0.3, 0.4) is 0 Å². The molecule has 2 heterocycles. The Morgan fingerprint density at radius 2 is 1.74 bits per heavy atom. The Balaban J connectivity index is 1.55. The van der Waals surface area contributed by atoms with Crippen LogP contribution in [0.15, 0.2) is 88.8 Å². The lowest BCUT2D eigenvalue weighted by Gasteiger charge is -2.15. The van der Waals surface area contributed by atoms with E-state index in [1.807, 2.05) is 49.4 Å². The second-order valence-electron chi connectivity index (χ2n) is 8.19. The summed E-state index contributed by atoms with van der Waals surface area (Å²) < 4.78 is 15.2. The fourth-order valence-corrected chi connectivity index (χ4v) is 6.09. The Labute approximate surface area is 237 Å². The molecule has 0 aliphatic rings. The van der Waals surface area contributed by atoms with Gasteiger partial charge in [-0.2, -0.15) is 0 Å². The maximum atomic E-state index is 13.9. The normalized spacial score (nSPS) is 10.9. The molecule has 198 valence electrons. The highest BCUT2D eigenvalue weighted by Gasteiger charge is 2.21. The predicted octanol–water partition coefficient (Wildman–Crippen LogP) is 6.11. The number of thiazole rings is 1. The van der Waals surface area contributed by atoms with Crippen LogP contribution in [0.2, 0.25) is 0 Å². The van der Waals surface area contributed by atoms with E-state index in [1.54, 1.807) is 48.1 Å². The number of amides is 1. The van der Waals surface area contributed by atoms with Gasteiger partial charge in [-0.25, -0.2) is 4.98 Å². The van der Waals surface area contributed by atoms with Gasteiger partial charge in [-0.15, -0.1) is 0 Å². The van der Waals surface area contributed by atoms with E-state index in [4.69, 9.17) is 26.7 Å². The van der Waals surface area contributed by atoms with Gasteiger partial charge in [-0.1, -0.05) is 53.4 Å². The van der Waals surface area contributed by atoms with Crippen molar-refractivity contribution in [3.8, 4) is 22.9 Å². The third-order valence-electron chi connectivity index (χ3n) is 5.70. The number of nitrogens with zero attached hydrogens (tertiary/aromatic N) is 3. The number of carbonyl (C=O) groups excluding carboxylic acids is 1. The van der Waals surface area contributed by atoms with Crippen LogP contribution in [0, 0.1) is 3.95 Å². The summed E-state index contributed by atoms with van der Waals surface area (Å²) in [6.07, 6.45) is 0. The zero-order valence-corrected chi connectivity index (χ0v) is 23.6. The van der Waals surface area contributed by atoms with E-state index in [-0.39, 0.29) is 17.2 Å². The SMILES string of the molecule is CCOc1ccc(NC(=O)CSc2nc3c(sc(=S)n3-c3ccccc3)c(=O)n2-c2ccccc2OC)cc1. The highest BCUT2D eigenvalue weighted by atomic mass is 32.2. The molecule has 0 saturated carbocycles. The zero-order valence-electron chi connectivity index (χ0n) is 21.1. The first-order chi connectivity index (χ1) is 19.0. The number of carbonyl (C=O) groups is 1. The number of fused-ring (bicyclic) bond motifs is 1. The highest BCUT2D eigenvalue weighted by molar-refractivity contribution is 7.99. The molecular weight excluding hydrogens is 553 g/mol. The molecule has 0 radical (unpaired) electrons. The molecule has 0 aliphatic heterocycles. The Hall–Kier alpha value is -3.93. The first kappa shape index (κ1) is 26.7. The van der Waals surface area contributed by atoms with Crippen LogP contribution in [0.1, 0.15) is 6.92 Å². The molecule has 1 amide bonds. The Morgan fingerprint density at radius 3 is 2.46 bits per heavy atom. The van der Waals surface area contributed by atoms with E-state index in [0.717, 1.165) is 23.2 Å². The third-order valence-corrected chi connectivity index (χ3v) is 7.99. The van der Waals surface area contributed by atoms with Crippen molar-refractivity contribution >= 4 is 57.3 Å². The van der Waals surface area contributed by atoms with Crippen molar-refractivity contribution < 1.29 is 14.3 Å². The van der Waals surface area contributed by atoms with Crippen molar-refractivity contribution in [2.75, 3.05) is 24.8 Å². The minimum atomic E-state index is -0.287. The second-order valence-corrected chi connectivity index (χ2v) is 10.8. The number of ether oxygens (including phenoxy) is 2. The first-order valence-electron chi connectivity index (χ1n) is 12.0. The fourth-order valence-electron chi connectivity index (χ4n) is 3.99. The number of nitrogens with one attached hydrogen (secondary N) is 1. The van der Waals surface area contributed by atoms with Gasteiger partial charge in [0.2, 0.25) is 5.91 Å². The molecule has 1 N–H and O–H groups in total. The van der Waals surface area contributed by atoms with Crippen LogP contribution in [-0.2, 0) is 4.79 Å². The summed E-state index contributed by atoms with van der Waals surface area (Å²) in [5, 5.41) is 3.23. The smallest absolute Gasteiger partial charge is 0.278 e. The van der Waals surface area contributed by atoms with Crippen molar-refractivity contribution in [3.05, 3.63) is 93.2 Å². The molecule has 0 aliphatic carbocycles. The molecule has 2 aromatic heterocycles. The average Bonchev–Trinajstić information content (AvgIpc) is 3.29. The topological polar surface area (TPSA) is 87.4 Å². The summed E-state index contributed by atoms with van der Waals surface area (Å²) >= 11 is 8.00. The maximum absolute atomic E-state index is 13.9. The number of aromatic nitrogens is 3. The van der Waals surface area contributed by atoms with Gasteiger partial charge < -0.3 is 14.8 Å². The summed E-state index contributed by atoms with van der Waals surface area (Å²) in [6, 6.07) is 23.9. The Bertz CT molecular complexity index is 1750. The number of para-hydroxylation sites is 3. The van der Waals surface area contributed by atoms with Gasteiger partial charge in [0, 0.05) is 11.4 Å². The van der Waals surface area contributed by atoms with Gasteiger partial charge in [-0.05, 0) is 67.7 Å². The first-order valence-corrected chi connectivity index (χ1v) is 14.2. The van der Waals surface area contributed by atoms with E-state index in [9.17, 15) is 9.59 Å².